The van der Waals surface area contributed by atoms with Crippen LogP contribution in [-0.4, -0.2) is 35.5 Å². The molecule has 2 N–H and O–H groups in total. The zero-order valence-corrected chi connectivity index (χ0v) is 16.3. The molecule has 1 aliphatic rings. The molecule has 0 aliphatic carbocycles. The fourth-order valence-corrected chi connectivity index (χ4v) is 4.58. The molecule has 21 heavy (non-hydrogen) atoms. The summed E-state index contributed by atoms with van der Waals surface area (Å²) < 4.78 is 2.07. The van der Waals surface area contributed by atoms with Gasteiger partial charge in [-0.3, -0.25) is 9.69 Å². The van der Waals surface area contributed by atoms with E-state index >= 15 is 0 Å². The van der Waals surface area contributed by atoms with Crippen molar-refractivity contribution < 1.29 is 9.90 Å². The number of phenolic OH excluding ortho intramolecular Hbond substituents is 1. The summed E-state index contributed by atoms with van der Waals surface area (Å²) in [5.74, 6) is 1.04. The van der Waals surface area contributed by atoms with Crippen molar-refractivity contribution in [2.24, 2.45) is 5.92 Å². The minimum absolute atomic E-state index is 0.0517. The van der Waals surface area contributed by atoms with E-state index in [0.717, 1.165) is 51.7 Å². The summed E-state index contributed by atoms with van der Waals surface area (Å²) >= 11 is 4.46. The van der Waals surface area contributed by atoms with Gasteiger partial charge in [0, 0.05) is 29.1 Å². The molecule has 2 rings (SSSR count). The number of hydrogen-bond acceptors (Lipinski definition) is 3. The van der Waals surface area contributed by atoms with E-state index in [9.17, 15) is 9.90 Å². The average molecular weight is 514 g/mol. The second-order valence-electron chi connectivity index (χ2n) is 5.55. The Hall–Kier alpha value is -0.0900. The number of phenols is 1. The van der Waals surface area contributed by atoms with Gasteiger partial charge in [0.15, 0.2) is 0 Å². The summed E-state index contributed by atoms with van der Waals surface area (Å²) in [4.78, 5) is 13.3. The molecule has 1 saturated heterocycles. The van der Waals surface area contributed by atoms with Crippen LogP contribution in [0.1, 0.15) is 25.3 Å². The Morgan fingerprint density at radius 3 is 2.67 bits per heavy atom. The molecule has 0 radical (unpaired) electrons. The third-order valence-corrected chi connectivity index (χ3v) is 5.29. The number of benzene rings is 1. The van der Waals surface area contributed by atoms with Crippen LogP contribution >= 0.6 is 45.2 Å². The third kappa shape index (κ3) is 5.24. The predicted molar refractivity (Wildman–Crippen MR) is 100 cm³/mol. The maximum Gasteiger partial charge on any atom is 0.216 e. The maximum atomic E-state index is 10.9. The lowest BCUT2D eigenvalue weighted by atomic mass is 9.96. The molecular formula is C15H20I2N2O2. The third-order valence-electron chi connectivity index (χ3n) is 3.85. The van der Waals surface area contributed by atoms with E-state index in [1.807, 2.05) is 6.07 Å². The molecule has 1 heterocycles. The number of amides is 1. The van der Waals surface area contributed by atoms with Crippen LogP contribution in [0.25, 0.3) is 0 Å². The quantitative estimate of drug-likeness (QED) is 0.609. The van der Waals surface area contributed by atoms with Gasteiger partial charge in [-0.05, 0) is 89.2 Å². The molecule has 0 atom stereocenters. The minimum atomic E-state index is 0.0517. The van der Waals surface area contributed by atoms with Crippen LogP contribution < -0.4 is 5.32 Å². The number of hydrogen-bond donors (Lipinski definition) is 2. The lowest BCUT2D eigenvalue weighted by Crippen LogP contribution is -2.37. The molecular weight excluding hydrogens is 494 g/mol. The molecule has 1 amide bonds. The molecule has 1 fully saturated rings. The second-order valence-corrected chi connectivity index (χ2v) is 7.96. The van der Waals surface area contributed by atoms with Gasteiger partial charge in [0.1, 0.15) is 5.75 Å². The first-order chi connectivity index (χ1) is 9.95. The summed E-state index contributed by atoms with van der Waals surface area (Å²) in [6.45, 7) is 5.19. The van der Waals surface area contributed by atoms with Crippen LogP contribution in [0.3, 0.4) is 0 Å². The van der Waals surface area contributed by atoms with Gasteiger partial charge in [0.2, 0.25) is 5.91 Å². The first-order valence-electron chi connectivity index (χ1n) is 7.09. The van der Waals surface area contributed by atoms with Gasteiger partial charge in [0.05, 0.1) is 3.57 Å². The molecule has 0 aromatic heterocycles. The fourth-order valence-electron chi connectivity index (χ4n) is 2.62. The van der Waals surface area contributed by atoms with Gasteiger partial charge in [-0.15, -0.1) is 0 Å². The van der Waals surface area contributed by atoms with Crippen molar-refractivity contribution in [3.05, 3.63) is 24.8 Å². The van der Waals surface area contributed by atoms with Crippen molar-refractivity contribution in [3.63, 3.8) is 0 Å². The zero-order valence-electron chi connectivity index (χ0n) is 12.0. The van der Waals surface area contributed by atoms with E-state index in [1.54, 1.807) is 6.92 Å². The topological polar surface area (TPSA) is 52.6 Å². The van der Waals surface area contributed by atoms with Crippen LogP contribution in [0.4, 0.5) is 0 Å². The van der Waals surface area contributed by atoms with Gasteiger partial charge < -0.3 is 10.4 Å². The van der Waals surface area contributed by atoms with Gasteiger partial charge >= 0.3 is 0 Å². The van der Waals surface area contributed by atoms with Crippen molar-refractivity contribution in [1.29, 1.82) is 0 Å². The van der Waals surface area contributed by atoms with E-state index in [0.29, 0.717) is 11.7 Å². The highest BCUT2D eigenvalue weighted by Gasteiger charge is 2.20. The van der Waals surface area contributed by atoms with Crippen LogP contribution in [0, 0.1) is 13.1 Å². The van der Waals surface area contributed by atoms with Gasteiger partial charge in [-0.2, -0.15) is 0 Å². The smallest absolute Gasteiger partial charge is 0.216 e. The molecule has 6 heteroatoms. The Balaban J connectivity index is 1.88. The number of aromatic hydroxyl groups is 1. The fraction of sp³-hybridized carbons (Fsp3) is 0.533. The van der Waals surface area contributed by atoms with Crippen LogP contribution in [-0.2, 0) is 11.3 Å². The molecule has 0 unspecified atom stereocenters. The van der Waals surface area contributed by atoms with Crippen molar-refractivity contribution in [2.45, 2.75) is 26.3 Å². The molecule has 0 spiro atoms. The second kappa shape index (κ2) is 7.96. The van der Waals surface area contributed by atoms with E-state index in [-0.39, 0.29) is 5.91 Å². The number of likely N-dealkylation sites (tertiary alicyclic amines) is 1. The Kier molecular flexibility index (Phi) is 6.54. The standard InChI is InChI=1S/C15H20I2N2O2/c1-10(20)18-8-11-2-4-19(5-3-11)9-12-6-13(16)7-14(17)15(12)21/h6-7,11,21H,2-5,8-9H2,1H3,(H,18,20). The number of carbonyl (C=O) groups excluding carboxylic acids is 1. The molecule has 116 valence electrons. The first kappa shape index (κ1) is 17.3. The lowest BCUT2D eigenvalue weighted by molar-refractivity contribution is -0.119. The summed E-state index contributed by atoms with van der Waals surface area (Å²) in [6.07, 6.45) is 2.20. The first-order valence-corrected chi connectivity index (χ1v) is 9.25. The average Bonchev–Trinajstić information content (AvgIpc) is 2.43. The molecule has 1 aliphatic heterocycles. The number of nitrogens with zero attached hydrogens (tertiary/aromatic N) is 1. The predicted octanol–water partition coefficient (Wildman–Crippen LogP) is 2.95. The van der Waals surface area contributed by atoms with Crippen molar-refractivity contribution in [2.75, 3.05) is 19.6 Å². The normalized spacial score (nSPS) is 16.9. The van der Waals surface area contributed by atoms with Crippen LogP contribution in [0.2, 0.25) is 0 Å². The van der Waals surface area contributed by atoms with Gasteiger partial charge in [-0.1, -0.05) is 0 Å². The Labute approximate surface area is 152 Å². The maximum absolute atomic E-state index is 10.9. The van der Waals surface area contributed by atoms with E-state index in [1.165, 1.54) is 0 Å². The van der Waals surface area contributed by atoms with Gasteiger partial charge in [0.25, 0.3) is 0 Å². The van der Waals surface area contributed by atoms with Crippen LogP contribution in [0.5, 0.6) is 5.75 Å². The van der Waals surface area contributed by atoms with Gasteiger partial charge in [-0.25, -0.2) is 0 Å². The number of piperidine rings is 1. The molecule has 1 aromatic carbocycles. The van der Waals surface area contributed by atoms with E-state index in [2.05, 4.69) is 61.5 Å². The zero-order chi connectivity index (χ0) is 15.4. The highest BCUT2D eigenvalue weighted by molar-refractivity contribution is 14.1. The van der Waals surface area contributed by atoms with Crippen molar-refractivity contribution in [1.82, 2.24) is 10.2 Å². The van der Waals surface area contributed by atoms with E-state index in [4.69, 9.17) is 0 Å². The highest BCUT2D eigenvalue weighted by atomic mass is 127. The molecule has 1 aromatic rings. The number of rotatable bonds is 4. The summed E-state index contributed by atoms with van der Waals surface area (Å²) in [5, 5.41) is 13.1. The summed E-state index contributed by atoms with van der Waals surface area (Å²) in [7, 11) is 0. The SMILES string of the molecule is CC(=O)NCC1CCN(Cc2cc(I)cc(I)c2O)CC1. The molecule has 4 nitrogen and oxygen atoms in total. The van der Waals surface area contributed by atoms with Crippen molar-refractivity contribution >= 4 is 51.1 Å². The number of nitrogens with one attached hydrogen (secondary N) is 1. The molecule has 0 bridgehead atoms. The monoisotopic (exact) mass is 514 g/mol. The Morgan fingerprint density at radius 1 is 1.38 bits per heavy atom. The largest absolute Gasteiger partial charge is 0.507 e. The van der Waals surface area contributed by atoms with Crippen LogP contribution in [0.15, 0.2) is 12.1 Å². The Bertz CT molecular complexity index is 515. The number of halogens is 2. The highest BCUT2D eigenvalue weighted by Crippen LogP contribution is 2.29. The summed E-state index contributed by atoms with van der Waals surface area (Å²) in [5.41, 5.74) is 1.01. The van der Waals surface area contributed by atoms with E-state index < -0.39 is 0 Å². The Morgan fingerprint density at radius 2 is 2.05 bits per heavy atom. The minimum Gasteiger partial charge on any atom is -0.507 e. The number of carbonyl (C=O) groups is 1. The lowest BCUT2D eigenvalue weighted by Gasteiger charge is -2.32. The summed E-state index contributed by atoms with van der Waals surface area (Å²) in [6, 6.07) is 4.04. The molecule has 0 saturated carbocycles. The van der Waals surface area contributed by atoms with Crippen molar-refractivity contribution in [3.8, 4) is 5.75 Å².